The predicted molar refractivity (Wildman–Crippen MR) is 99.5 cm³/mol. The fourth-order valence-corrected chi connectivity index (χ4v) is 2.63. The number of imide groups is 1. The van der Waals surface area contributed by atoms with Gasteiger partial charge in [0.15, 0.2) is 0 Å². The Balaban J connectivity index is 1.68. The number of hydrogen-bond acceptors (Lipinski definition) is 3. The van der Waals surface area contributed by atoms with E-state index >= 15 is 0 Å². The molecule has 0 radical (unpaired) electrons. The summed E-state index contributed by atoms with van der Waals surface area (Å²) in [6.45, 7) is 1.40. The van der Waals surface area contributed by atoms with Gasteiger partial charge in [-0.3, -0.25) is 9.59 Å². The van der Waals surface area contributed by atoms with Crippen molar-refractivity contribution in [3.05, 3.63) is 70.9 Å². The summed E-state index contributed by atoms with van der Waals surface area (Å²) in [4.78, 5) is 37.3. The van der Waals surface area contributed by atoms with Crippen LogP contribution in [0.4, 0.5) is 23.7 Å². The van der Waals surface area contributed by atoms with E-state index in [0.29, 0.717) is 11.3 Å². The third-order valence-electron chi connectivity index (χ3n) is 4.15. The number of hydrogen-bond donors (Lipinski definition) is 2. The first-order chi connectivity index (χ1) is 13.6. The van der Waals surface area contributed by atoms with Crippen molar-refractivity contribution in [3.8, 4) is 0 Å². The molecule has 1 fully saturated rings. The zero-order chi connectivity index (χ0) is 21.2. The molecule has 0 spiro atoms. The monoisotopic (exact) mass is 403 g/mol. The van der Waals surface area contributed by atoms with E-state index in [1.165, 1.54) is 18.2 Å². The Morgan fingerprint density at radius 1 is 1.07 bits per heavy atom. The number of carbonyl (C=O) groups is 3. The fourth-order valence-electron chi connectivity index (χ4n) is 2.63. The summed E-state index contributed by atoms with van der Waals surface area (Å²) in [5.41, 5.74) is 0.879. The molecule has 1 heterocycles. The number of nitrogens with one attached hydrogen (secondary N) is 2. The lowest BCUT2D eigenvalue weighted by atomic mass is 10.1. The summed E-state index contributed by atoms with van der Waals surface area (Å²) in [5.74, 6) is -1.30. The first-order valence-corrected chi connectivity index (χ1v) is 8.52. The predicted octanol–water partition coefficient (Wildman–Crippen LogP) is 3.55. The number of benzene rings is 2. The highest BCUT2D eigenvalue weighted by atomic mass is 19.4. The molecule has 1 aliphatic heterocycles. The van der Waals surface area contributed by atoms with Gasteiger partial charge in [0.2, 0.25) is 5.91 Å². The molecule has 0 unspecified atom stereocenters. The van der Waals surface area contributed by atoms with Gasteiger partial charge in [-0.15, -0.1) is 0 Å². The number of anilines is 1. The van der Waals surface area contributed by atoms with Crippen LogP contribution in [0.5, 0.6) is 0 Å². The third kappa shape index (κ3) is 4.81. The Labute approximate surface area is 164 Å². The van der Waals surface area contributed by atoms with Gasteiger partial charge in [-0.05, 0) is 42.8 Å². The van der Waals surface area contributed by atoms with Gasteiger partial charge in [-0.2, -0.15) is 13.2 Å². The first-order valence-electron chi connectivity index (χ1n) is 8.52. The molecule has 150 valence electrons. The van der Waals surface area contributed by atoms with Gasteiger partial charge in [0.25, 0.3) is 5.91 Å². The van der Waals surface area contributed by atoms with Gasteiger partial charge >= 0.3 is 12.2 Å². The molecule has 6 nitrogen and oxygen atoms in total. The second-order valence-corrected chi connectivity index (χ2v) is 6.41. The highest BCUT2D eigenvalue weighted by Gasteiger charge is 2.35. The number of rotatable bonds is 4. The van der Waals surface area contributed by atoms with Crippen LogP contribution >= 0.6 is 0 Å². The van der Waals surface area contributed by atoms with Crippen molar-refractivity contribution in [2.24, 2.45) is 0 Å². The standard InChI is InChI=1S/C20H16F3N3O3/c1-12-2-8-15(9-3-12)24-17(27)11-26-18(28)16(25-19(26)29)10-13-4-6-14(7-5-13)20(21,22)23/h2-10H,11H2,1H3,(H,24,27)(H,25,29). The van der Waals surface area contributed by atoms with Gasteiger partial charge in [0.1, 0.15) is 12.2 Å². The number of urea groups is 1. The lowest BCUT2D eigenvalue weighted by molar-refractivity contribution is -0.137. The van der Waals surface area contributed by atoms with E-state index in [-0.39, 0.29) is 5.70 Å². The average molecular weight is 403 g/mol. The van der Waals surface area contributed by atoms with Gasteiger partial charge < -0.3 is 10.6 Å². The van der Waals surface area contributed by atoms with Crippen molar-refractivity contribution in [1.82, 2.24) is 10.2 Å². The molecule has 4 amide bonds. The lowest BCUT2D eigenvalue weighted by Crippen LogP contribution is -2.38. The minimum absolute atomic E-state index is 0.127. The van der Waals surface area contributed by atoms with E-state index in [0.717, 1.165) is 22.6 Å². The first kappa shape index (κ1) is 20.1. The summed E-state index contributed by atoms with van der Waals surface area (Å²) in [7, 11) is 0. The number of alkyl halides is 3. The molecule has 0 bridgehead atoms. The maximum atomic E-state index is 12.6. The molecule has 0 saturated carbocycles. The van der Waals surface area contributed by atoms with Crippen molar-refractivity contribution in [2.45, 2.75) is 13.1 Å². The smallest absolute Gasteiger partial charge is 0.325 e. The van der Waals surface area contributed by atoms with Crippen molar-refractivity contribution >= 4 is 29.6 Å². The average Bonchev–Trinajstić information content (AvgIpc) is 2.91. The molecular formula is C20H16F3N3O3. The van der Waals surface area contributed by atoms with Gasteiger partial charge in [-0.25, -0.2) is 9.69 Å². The van der Waals surface area contributed by atoms with Crippen LogP contribution in [0.3, 0.4) is 0 Å². The van der Waals surface area contributed by atoms with E-state index < -0.39 is 36.1 Å². The number of carbonyl (C=O) groups excluding carboxylic acids is 3. The fraction of sp³-hybridized carbons (Fsp3) is 0.150. The van der Waals surface area contributed by atoms with E-state index in [9.17, 15) is 27.6 Å². The van der Waals surface area contributed by atoms with Crippen LogP contribution in [0.15, 0.2) is 54.2 Å². The second kappa shape index (κ2) is 7.78. The van der Waals surface area contributed by atoms with Crippen molar-refractivity contribution < 1.29 is 27.6 Å². The molecule has 29 heavy (non-hydrogen) atoms. The number of amides is 4. The molecule has 0 atom stereocenters. The highest BCUT2D eigenvalue weighted by Crippen LogP contribution is 2.29. The van der Waals surface area contributed by atoms with Crippen LogP contribution < -0.4 is 10.6 Å². The van der Waals surface area contributed by atoms with E-state index in [1.54, 1.807) is 24.3 Å². The zero-order valence-corrected chi connectivity index (χ0v) is 15.2. The maximum absolute atomic E-state index is 12.6. The van der Waals surface area contributed by atoms with Crippen LogP contribution in [0.25, 0.3) is 6.08 Å². The minimum atomic E-state index is -4.47. The Bertz CT molecular complexity index is 981. The Morgan fingerprint density at radius 3 is 2.28 bits per heavy atom. The van der Waals surface area contributed by atoms with Crippen LogP contribution in [-0.4, -0.2) is 29.3 Å². The van der Waals surface area contributed by atoms with Gasteiger partial charge in [-0.1, -0.05) is 29.8 Å². The third-order valence-corrected chi connectivity index (χ3v) is 4.15. The van der Waals surface area contributed by atoms with E-state index in [2.05, 4.69) is 10.6 Å². The molecule has 2 aromatic carbocycles. The molecule has 0 aliphatic carbocycles. The van der Waals surface area contributed by atoms with Crippen LogP contribution in [0.1, 0.15) is 16.7 Å². The quantitative estimate of drug-likeness (QED) is 0.606. The SMILES string of the molecule is Cc1ccc(NC(=O)CN2C(=O)NC(=Cc3ccc(C(F)(F)F)cc3)C2=O)cc1. The molecular weight excluding hydrogens is 387 g/mol. The molecule has 0 aromatic heterocycles. The van der Waals surface area contributed by atoms with Crippen molar-refractivity contribution in [2.75, 3.05) is 11.9 Å². The summed E-state index contributed by atoms with van der Waals surface area (Å²) in [6, 6.07) is 10.3. The van der Waals surface area contributed by atoms with E-state index in [4.69, 9.17) is 0 Å². The van der Waals surface area contributed by atoms with Crippen LogP contribution in [0.2, 0.25) is 0 Å². The molecule has 2 N–H and O–H groups in total. The summed E-state index contributed by atoms with van der Waals surface area (Å²) >= 11 is 0. The van der Waals surface area contributed by atoms with Crippen molar-refractivity contribution in [3.63, 3.8) is 0 Å². The Morgan fingerprint density at radius 2 is 1.69 bits per heavy atom. The van der Waals surface area contributed by atoms with Crippen LogP contribution in [-0.2, 0) is 15.8 Å². The van der Waals surface area contributed by atoms with E-state index in [1.807, 2.05) is 6.92 Å². The molecule has 2 aromatic rings. The lowest BCUT2D eigenvalue weighted by Gasteiger charge is -2.12. The van der Waals surface area contributed by atoms with Crippen molar-refractivity contribution in [1.29, 1.82) is 0 Å². The van der Waals surface area contributed by atoms with Gasteiger partial charge in [0.05, 0.1) is 5.56 Å². The zero-order valence-electron chi connectivity index (χ0n) is 15.2. The Hall–Kier alpha value is -3.62. The molecule has 1 saturated heterocycles. The number of nitrogens with zero attached hydrogens (tertiary/aromatic N) is 1. The second-order valence-electron chi connectivity index (χ2n) is 6.41. The summed E-state index contributed by atoms with van der Waals surface area (Å²) < 4.78 is 37.8. The summed E-state index contributed by atoms with van der Waals surface area (Å²) in [5, 5.41) is 4.90. The topological polar surface area (TPSA) is 78.5 Å². The summed E-state index contributed by atoms with van der Waals surface area (Å²) in [6.07, 6.45) is -3.22. The minimum Gasteiger partial charge on any atom is -0.325 e. The van der Waals surface area contributed by atoms with Crippen LogP contribution in [0, 0.1) is 6.92 Å². The normalized spacial score (nSPS) is 15.6. The highest BCUT2D eigenvalue weighted by molar-refractivity contribution is 6.15. The van der Waals surface area contributed by atoms with Gasteiger partial charge in [0, 0.05) is 5.69 Å². The molecule has 1 aliphatic rings. The maximum Gasteiger partial charge on any atom is 0.416 e. The molecule has 9 heteroatoms. The number of halogens is 3. The Kier molecular flexibility index (Phi) is 5.40. The largest absolute Gasteiger partial charge is 0.416 e. The molecule has 3 rings (SSSR count). The number of aryl methyl sites for hydroxylation is 1.